The fourth-order valence-electron chi connectivity index (χ4n) is 4.27. The van der Waals surface area contributed by atoms with Gasteiger partial charge >= 0.3 is 6.03 Å². The number of aryl methyl sites for hydroxylation is 1. The van der Waals surface area contributed by atoms with Crippen LogP contribution in [0.4, 0.5) is 10.5 Å². The van der Waals surface area contributed by atoms with Crippen LogP contribution in [0.1, 0.15) is 44.1 Å². The lowest BCUT2D eigenvalue weighted by Gasteiger charge is -2.39. The van der Waals surface area contributed by atoms with Crippen LogP contribution in [-0.4, -0.2) is 54.5 Å². The van der Waals surface area contributed by atoms with Gasteiger partial charge in [-0.2, -0.15) is 0 Å². The molecular formula is C21H32N4O2. The summed E-state index contributed by atoms with van der Waals surface area (Å²) in [6.45, 7) is 4.93. The second-order valence-corrected chi connectivity index (χ2v) is 8.11. The van der Waals surface area contributed by atoms with E-state index in [2.05, 4.69) is 5.32 Å². The quantitative estimate of drug-likeness (QED) is 0.853. The van der Waals surface area contributed by atoms with Gasteiger partial charge in [0, 0.05) is 38.3 Å². The highest BCUT2D eigenvalue weighted by Crippen LogP contribution is 2.38. The number of nitrogens with one attached hydrogen (secondary N) is 1. The van der Waals surface area contributed by atoms with Gasteiger partial charge in [0.2, 0.25) is 5.91 Å². The molecule has 1 aliphatic heterocycles. The lowest BCUT2D eigenvalue weighted by atomic mass is 9.71. The molecule has 27 heavy (non-hydrogen) atoms. The average Bonchev–Trinajstić information content (AvgIpc) is 2.69. The maximum absolute atomic E-state index is 12.8. The van der Waals surface area contributed by atoms with E-state index in [1.807, 2.05) is 36.1 Å². The van der Waals surface area contributed by atoms with Crippen LogP contribution in [0, 0.1) is 12.3 Å². The van der Waals surface area contributed by atoms with Crippen LogP contribution in [0.15, 0.2) is 24.3 Å². The molecule has 2 fully saturated rings. The summed E-state index contributed by atoms with van der Waals surface area (Å²) in [7, 11) is 0. The molecule has 0 aromatic heterocycles. The Morgan fingerprint density at radius 2 is 1.74 bits per heavy atom. The molecule has 0 unspecified atom stereocenters. The third kappa shape index (κ3) is 5.01. The van der Waals surface area contributed by atoms with Gasteiger partial charge in [-0.1, -0.05) is 31.4 Å². The number of rotatable bonds is 4. The van der Waals surface area contributed by atoms with Crippen molar-refractivity contribution >= 4 is 17.6 Å². The van der Waals surface area contributed by atoms with Gasteiger partial charge in [0.25, 0.3) is 0 Å². The molecule has 0 bridgehead atoms. The van der Waals surface area contributed by atoms with E-state index in [0.29, 0.717) is 39.1 Å². The van der Waals surface area contributed by atoms with E-state index in [1.54, 1.807) is 4.90 Å². The van der Waals surface area contributed by atoms with Crippen molar-refractivity contribution in [3.05, 3.63) is 29.8 Å². The summed E-state index contributed by atoms with van der Waals surface area (Å²) in [5.41, 5.74) is 7.94. The highest BCUT2D eigenvalue weighted by molar-refractivity contribution is 5.89. The van der Waals surface area contributed by atoms with E-state index >= 15 is 0 Å². The smallest absolute Gasteiger partial charge is 0.321 e. The molecule has 6 heteroatoms. The van der Waals surface area contributed by atoms with Gasteiger partial charge in [0.15, 0.2) is 0 Å². The van der Waals surface area contributed by atoms with Crippen molar-refractivity contribution < 1.29 is 9.59 Å². The van der Waals surface area contributed by atoms with Crippen LogP contribution in [0.25, 0.3) is 0 Å². The van der Waals surface area contributed by atoms with Crippen molar-refractivity contribution in [1.29, 1.82) is 0 Å². The van der Waals surface area contributed by atoms with Gasteiger partial charge in [0.05, 0.1) is 0 Å². The van der Waals surface area contributed by atoms with Gasteiger partial charge in [0.1, 0.15) is 0 Å². The van der Waals surface area contributed by atoms with E-state index in [-0.39, 0.29) is 17.4 Å². The van der Waals surface area contributed by atoms with Gasteiger partial charge in [-0.3, -0.25) is 4.79 Å². The third-order valence-corrected chi connectivity index (χ3v) is 6.06. The third-order valence-electron chi connectivity index (χ3n) is 6.06. The Hall–Kier alpha value is -2.08. The molecule has 3 N–H and O–H groups in total. The number of anilines is 1. The number of benzene rings is 1. The number of amides is 3. The number of hydrogen-bond donors (Lipinski definition) is 2. The Morgan fingerprint density at radius 3 is 2.37 bits per heavy atom. The first-order valence-electron chi connectivity index (χ1n) is 10.1. The molecule has 1 saturated heterocycles. The molecule has 2 aliphatic rings. The first-order chi connectivity index (χ1) is 13.0. The lowest BCUT2D eigenvalue weighted by Crippen LogP contribution is -2.52. The van der Waals surface area contributed by atoms with Crippen molar-refractivity contribution in [2.24, 2.45) is 11.1 Å². The van der Waals surface area contributed by atoms with E-state index in [9.17, 15) is 9.59 Å². The van der Waals surface area contributed by atoms with Crippen LogP contribution >= 0.6 is 0 Å². The second-order valence-electron chi connectivity index (χ2n) is 8.11. The number of hydrogen-bond acceptors (Lipinski definition) is 3. The average molecular weight is 373 g/mol. The van der Waals surface area contributed by atoms with E-state index in [0.717, 1.165) is 24.1 Å². The highest BCUT2D eigenvalue weighted by atomic mass is 16.2. The first-order valence-corrected chi connectivity index (χ1v) is 10.1. The fourth-order valence-corrected chi connectivity index (χ4v) is 4.27. The maximum atomic E-state index is 12.8. The van der Waals surface area contributed by atoms with Gasteiger partial charge in [-0.25, -0.2) is 4.79 Å². The number of nitrogens with zero attached hydrogens (tertiary/aromatic N) is 2. The van der Waals surface area contributed by atoms with Gasteiger partial charge in [-0.05, 0) is 49.4 Å². The monoisotopic (exact) mass is 372 g/mol. The van der Waals surface area contributed by atoms with Crippen LogP contribution in [0.5, 0.6) is 0 Å². The summed E-state index contributed by atoms with van der Waals surface area (Å²) >= 11 is 0. The predicted octanol–water partition coefficient (Wildman–Crippen LogP) is 2.97. The SMILES string of the molecule is Cc1cccc(NC(=O)N2CCN(C(=O)CC3(CN)CCCCC3)CC2)c1. The fraction of sp³-hybridized carbons (Fsp3) is 0.619. The molecule has 1 saturated carbocycles. The Bertz CT molecular complexity index is 662. The molecular weight excluding hydrogens is 340 g/mol. The first kappa shape index (κ1) is 19.7. The number of piperazine rings is 1. The van der Waals surface area contributed by atoms with E-state index in [1.165, 1.54) is 19.3 Å². The zero-order valence-corrected chi connectivity index (χ0v) is 16.4. The molecule has 0 radical (unpaired) electrons. The second kappa shape index (κ2) is 8.74. The summed E-state index contributed by atoms with van der Waals surface area (Å²) in [6.07, 6.45) is 6.29. The summed E-state index contributed by atoms with van der Waals surface area (Å²) in [4.78, 5) is 28.9. The van der Waals surface area contributed by atoms with Crippen molar-refractivity contribution in [2.75, 3.05) is 38.0 Å². The number of carbonyl (C=O) groups is 2. The molecule has 1 aromatic rings. The maximum Gasteiger partial charge on any atom is 0.321 e. The molecule has 3 rings (SSSR count). The predicted molar refractivity (Wildman–Crippen MR) is 108 cm³/mol. The molecule has 6 nitrogen and oxygen atoms in total. The van der Waals surface area contributed by atoms with E-state index in [4.69, 9.17) is 5.73 Å². The summed E-state index contributed by atoms with van der Waals surface area (Å²) in [5, 5.41) is 2.94. The number of urea groups is 1. The lowest BCUT2D eigenvalue weighted by molar-refractivity contribution is -0.135. The molecule has 1 aromatic carbocycles. The minimum absolute atomic E-state index is 0.00495. The molecule has 0 spiro atoms. The Labute approximate surface area is 162 Å². The normalized spacial score (nSPS) is 19.6. The minimum Gasteiger partial charge on any atom is -0.339 e. The largest absolute Gasteiger partial charge is 0.339 e. The topological polar surface area (TPSA) is 78.7 Å². The van der Waals surface area contributed by atoms with Gasteiger partial charge < -0.3 is 20.9 Å². The van der Waals surface area contributed by atoms with E-state index < -0.39 is 0 Å². The van der Waals surface area contributed by atoms with Crippen LogP contribution in [-0.2, 0) is 4.79 Å². The zero-order chi connectivity index (χ0) is 19.3. The Kier molecular flexibility index (Phi) is 6.37. The standard InChI is InChI=1S/C21H32N4O2/c1-17-6-5-7-18(14-17)23-20(27)25-12-10-24(11-13-25)19(26)15-21(16-22)8-3-2-4-9-21/h5-7,14H,2-4,8-13,15-16,22H2,1H3,(H,23,27). The van der Waals surface area contributed by atoms with Crippen molar-refractivity contribution in [1.82, 2.24) is 9.80 Å². The number of carbonyl (C=O) groups excluding carboxylic acids is 2. The Balaban J connectivity index is 1.49. The molecule has 3 amide bonds. The molecule has 1 aliphatic carbocycles. The van der Waals surface area contributed by atoms with Gasteiger partial charge in [-0.15, -0.1) is 0 Å². The summed E-state index contributed by atoms with van der Waals surface area (Å²) < 4.78 is 0. The van der Waals surface area contributed by atoms with Crippen molar-refractivity contribution in [3.63, 3.8) is 0 Å². The number of nitrogens with two attached hydrogens (primary N) is 1. The Morgan fingerprint density at radius 1 is 1.07 bits per heavy atom. The minimum atomic E-state index is -0.0987. The summed E-state index contributed by atoms with van der Waals surface area (Å²) in [5.74, 6) is 0.195. The molecule has 1 heterocycles. The summed E-state index contributed by atoms with van der Waals surface area (Å²) in [6, 6.07) is 7.67. The van der Waals surface area contributed by atoms with Crippen LogP contribution < -0.4 is 11.1 Å². The highest BCUT2D eigenvalue weighted by Gasteiger charge is 2.35. The van der Waals surface area contributed by atoms with Crippen molar-refractivity contribution in [2.45, 2.75) is 45.4 Å². The molecule has 0 atom stereocenters. The van der Waals surface area contributed by atoms with Crippen molar-refractivity contribution in [3.8, 4) is 0 Å². The zero-order valence-electron chi connectivity index (χ0n) is 16.4. The van der Waals surface area contributed by atoms with Crippen LogP contribution in [0.3, 0.4) is 0 Å². The van der Waals surface area contributed by atoms with Crippen LogP contribution in [0.2, 0.25) is 0 Å². The molecule has 148 valence electrons.